The van der Waals surface area contributed by atoms with Gasteiger partial charge in [-0.2, -0.15) is 0 Å². The second-order valence-electron chi connectivity index (χ2n) is 2.94. The summed E-state index contributed by atoms with van der Waals surface area (Å²) in [5.41, 5.74) is 5.38. The van der Waals surface area contributed by atoms with Crippen molar-refractivity contribution in [2.75, 3.05) is 11.6 Å². The van der Waals surface area contributed by atoms with Crippen LogP contribution < -0.4 is 11.6 Å². The molecule has 0 bridgehead atoms. The molecule has 1 aromatic heterocycles. The Labute approximate surface area is 65.4 Å². The Morgan fingerprint density at radius 2 is 2.09 bits per heavy atom. The topological polar surface area (TPSA) is 82.8 Å². The van der Waals surface area contributed by atoms with Crippen molar-refractivity contribution in [2.45, 2.75) is 20.3 Å². The van der Waals surface area contributed by atoms with Crippen molar-refractivity contribution in [3.05, 3.63) is 5.82 Å². The van der Waals surface area contributed by atoms with Crippen LogP contribution in [-0.2, 0) is 6.42 Å². The van der Waals surface area contributed by atoms with E-state index in [1.165, 1.54) is 4.68 Å². The van der Waals surface area contributed by atoms with E-state index in [0.29, 0.717) is 5.92 Å². The predicted molar refractivity (Wildman–Crippen MR) is 43.1 cm³/mol. The van der Waals surface area contributed by atoms with E-state index in [-0.39, 0.29) is 5.95 Å². The summed E-state index contributed by atoms with van der Waals surface area (Å²) in [6.07, 6.45) is 0.806. The molecule has 0 atom stereocenters. The highest BCUT2D eigenvalue weighted by molar-refractivity contribution is 5.17. The lowest BCUT2D eigenvalue weighted by atomic mass is 10.1. The smallest absolute Gasteiger partial charge is 0.240 e. The molecule has 1 rings (SSSR count). The molecule has 0 saturated heterocycles. The van der Waals surface area contributed by atoms with Crippen molar-refractivity contribution < 1.29 is 0 Å². The van der Waals surface area contributed by atoms with Gasteiger partial charge in [0.05, 0.1) is 0 Å². The maximum Gasteiger partial charge on any atom is 0.240 e. The SMILES string of the molecule is CC(C)Cc1nnc(N)n1N. The Hall–Kier alpha value is -1.26. The Bertz CT molecular complexity index is 239. The van der Waals surface area contributed by atoms with Crippen molar-refractivity contribution >= 4 is 5.95 Å². The summed E-state index contributed by atoms with van der Waals surface area (Å²) >= 11 is 0. The number of nitrogens with zero attached hydrogens (tertiary/aromatic N) is 3. The van der Waals surface area contributed by atoms with E-state index in [9.17, 15) is 0 Å². The molecule has 0 spiro atoms. The quantitative estimate of drug-likeness (QED) is 0.578. The van der Waals surface area contributed by atoms with Crippen LogP contribution in [0.15, 0.2) is 0 Å². The van der Waals surface area contributed by atoms with Crippen LogP contribution >= 0.6 is 0 Å². The molecule has 4 N–H and O–H groups in total. The summed E-state index contributed by atoms with van der Waals surface area (Å²) < 4.78 is 1.32. The fourth-order valence-electron chi connectivity index (χ4n) is 0.842. The summed E-state index contributed by atoms with van der Waals surface area (Å²) in [7, 11) is 0. The second kappa shape index (κ2) is 2.77. The van der Waals surface area contributed by atoms with E-state index in [4.69, 9.17) is 11.6 Å². The Kier molecular flexibility index (Phi) is 1.98. The van der Waals surface area contributed by atoms with Crippen LogP contribution in [0.2, 0.25) is 0 Å². The second-order valence-corrected chi connectivity index (χ2v) is 2.94. The average molecular weight is 155 g/mol. The first-order chi connectivity index (χ1) is 5.11. The van der Waals surface area contributed by atoms with Crippen molar-refractivity contribution in [3.8, 4) is 0 Å². The van der Waals surface area contributed by atoms with Crippen LogP contribution in [-0.4, -0.2) is 14.9 Å². The van der Waals surface area contributed by atoms with Gasteiger partial charge in [-0.05, 0) is 5.92 Å². The molecule has 11 heavy (non-hydrogen) atoms. The molecule has 5 heteroatoms. The number of anilines is 1. The fraction of sp³-hybridized carbons (Fsp3) is 0.667. The monoisotopic (exact) mass is 155 g/mol. The molecule has 5 nitrogen and oxygen atoms in total. The number of hydrogen-bond donors (Lipinski definition) is 2. The normalized spacial score (nSPS) is 10.8. The maximum absolute atomic E-state index is 5.52. The number of aromatic nitrogens is 3. The van der Waals surface area contributed by atoms with Gasteiger partial charge >= 0.3 is 0 Å². The Morgan fingerprint density at radius 1 is 1.45 bits per heavy atom. The fourth-order valence-corrected chi connectivity index (χ4v) is 0.842. The molecule has 0 aromatic carbocycles. The molecule has 1 heterocycles. The van der Waals surface area contributed by atoms with Gasteiger partial charge in [0.2, 0.25) is 5.95 Å². The van der Waals surface area contributed by atoms with Crippen LogP contribution in [0.3, 0.4) is 0 Å². The lowest BCUT2D eigenvalue weighted by Gasteiger charge is -2.02. The minimum atomic E-state index is 0.264. The zero-order valence-electron chi connectivity index (χ0n) is 6.78. The van der Waals surface area contributed by atoms with E-state index in [1.54, 1.807) is 0 Å². The summed E-state index contributed by atoms with van der Waals surface area (Å²) in [6.45, 7) is 4.18. The van der Waals surface area contributed by atoms with Gasteiger partial charge < -0.3 is 11.6 Å². The molecule has 0 radical (unpaired) electrons. The van der Waals surface area contributed by atoms with Gasteiger partial charge in [-0.3, -0.25) is 0 Å². The molecular formula is C6H13N5. The summed E-state index contributed by atoms with van der Waals surface area (Å²) in [5, 5.41) is 7.45. The molecule has 62 valence electrons. The average Bonchev–Trinajstić information content (AvgIpc) is 2.18. The van der Waals surface area contributed by atoms with E-state index in [1.807, 2.05) is 0 Å². The van der Waals surface area contributed by atoms with Crippen molar-refractivity contribution in [1.82, 2.24) is 14.9 Å². The van der Waals surface area contributed by atoms with Crippen LogP contribution in [0, 0.1) is 5.92 Å². The maximum atomic E-state index is 5.52. The van der Waals surface area contributed by atoms with Crippen LogP contribution in [0.25, 0.3) is 0 Å². The van der Waals surface area contributed by atoms with E-state index in [0.717, 1.165) is 12.2 Å². The van der Waals surface area contributed by atoms with Gasteiger partial charge in [-0.1, -0.05) is 13.8 Å². The summed E-state index contributed by atoms with van der Waals surface area (Å²) in [6, 6.07) is 0. The van der Waals surface area contributed by atoms with Gasteiger partial charge in [0.1, 0.15) is 0 Å². The summed E-state index contributed by atoms with van der Waals surface area (Å²) in [4.78, 5) is 0. The third kappa shape index (κ3) is 1.60. The van der Waals surface area contributed by atoms with Crippen molar-refractivity contribution in [3.63, 3.8) is 0 Å². The van der Waals surface area contributed by atoms with Gasteiger partial charge in [0, 0.05) is 6.42 Å². The third-order valence-corrected chi connectivity index (χ3v) is 1.38. The van der Waals surface area contributed by atoms with Crippen LogP contribution in [0.1, 0.15) is 19.7 Å². The number of hydrogen-bond acceptors (Lipinski definition) is 4. The van der Waals surface area contributed by atoms with E-state index >= 15 is 0 Å². The molecule has 0 aliphatic rings. The van der Waals surface area contributed by atoms with Crippen molar-refractivity contribution in [2.24, 2.45) is 5.92 Å². The van der Waals surface area contributed by atoms with E-state index in [2.05, 4.69) is 24.0 Å². The molecule has 0 amide bonds. The first kappa shape index (κ1) is 7.84. The Morgan fingerprint density at radius 3 is 2.45 bits per heavy atom. The van der Waals surface area contributed by atoms with Gasteiger partial charge in [0.25, 0.3) is 0 Å². The number of nitrogens with two attached hydrogens (primary N) is 2. The minimum Gasteiger partial charge on any atom is -0.366 e. The van der Waals surface area contributed by atoms with Crippen molar-refractivity contribution in [1.29, 1.82) is 0 Å². The zero-order valence-corrected chi connectivity index (χ0v) is 6.78. The zero-order chi connectivity index (χ0) is 8.43. The Balaban J connectivity index is 2.79. The predicted octanol–water partition coefficient (Wildman–Crippen LogP) is -0.227. The highest BCUT2D eigenvalue weighted by atomic mass is 15.4. The molecule has 0 aliphatic carbocycles. The molecule has 0 fully saturated rings. The molecule has 0 unspecified atom stereocenters. The van der Waals surface area contributed by atoms with Gasteiger partial charge in [-0.25, -0.2) is 4.68 Å². The lowest BCUT2D eigenvalue weighted by molar-refractivity contribution is 0.608. The highest BCUT2D eigenvalue weighted by Gasteiger charge is 2.07. The molecule has 0 aliphatic heterocycles. The molecular weight excluding hydrogens is 142 g/mol. The molecule has 1 aromatic rings. The lowest BCUT2D eigenvalue weighted by Crippen LogP contribution is -2.16. The first-order valence-corrected chi connectivity index (χ1v) is 3.56. The number of rotatable bonds is 2. The highest BCUT2D eigenvalue weighted by Crippen LogP contribution is 2.04. The molecule has 0 saturated carbocycles. The third-order valence-electron chi connectivity index (χ3n) is 1.38. The number of nitrogen functional groups attached to an aromatic ring is 2. The van der Waals surface area contributed by atoms with Crippen LogP contribution in [0.5, 0.6) is 0 Å². The first-order valence-electron chi connectivity index (χ1n) is 3.56. The largest absolute Gasteiger partial charge is 0.366 e. The van der Waals surface area contributed by atoms with E-state index < -0.39 is 0 Å². The van der Waals surface area contributed by atoms with Gasteiger partial charge in [0.15, 0.2) is 5.82 Å². The van der Waals surface area contributed by atoms with Gasteiger partial charge in [-0.15, -0.1) is 10.2 Å². The minimum absolute atomic E-state index is 0.264. The standard InChI is InChI=1S/C6H13N5/c1-4(2)3-5-9-10-6(7)11(5)8/h4H,3,8H2,1-2H3,(H2,7,10). The van der Waals surface area contributed by atoms with Crippen LogP contribution in [0.4, 0.5) is 5.95 Å². The summed E-state index contributed by atoms with van der Waals surface area (Å²) in [5.74, 6) is 7.03.